The Balaban J connectivity index is 1.15. The predicted octanol–water partition coefficient (Wildman–Crippen LogP) is 4.30. The molecule has 9 heteroatoms. The van der Waals surface area contributed by atoms with Gasteiger partial charge in [0.25, 0.3) is 0 Å². The van der Waals surface area contributed by atoms with E-state index in [2.05, 4.69) is 44.0 Å². The van der Waals surface area contributed by atoms with E-state index in [1.807, 2.05) is 27.0 Å². The molecule has 3 heterocycles. The first-order valence-corrected chi connectivity index (χ1v) is 12.8. The van der Waals surface area contributed by atoms with Crippen molar-refractivity contribution in [2.75, 3.05) is 13.1 Å². The fraction of sp³-hybridized carbons (Fsp3) is 0.840. The van der Waals surface area contributed by atoms with E-state index in [-0.39, 0.29) is 54.1 Å². The van der Waals surface area contributed by atoms with E-state index in [0.29, 0.717) is 0 Å². The summed E-state index contributed by atoms with van der Waals surface area (Å²) in [5.74, 6) is 1.19. The number of ether oxygens (including phenoxy) is 2. The van der Waals surface area contributed by atoms with Gasteiger partial charge in [-0.2, -0.15) is 0 Å². The number of carbonyl (C=O) groups is 1. The van der Waals surface area contributed by atoms with Crippen molar-refractivity contribution in [2.45, 2.75) is 121 Å². The van der Waals surface area contributed by atoms with Crippen molar-refractivity contribution in [1.82, 2.24) is 10.2 Å². The van der Waals surface area contributed by atoms with Crippen LogP contribution in [0.2, 0.25) is 5.82 Å². The Hall–Kier alpha value is -1.58. The Kier molecular flexibility index (Phi) is 7.11. The molecule has 0 aromatic rings. The normalized spacial score (nSPS) is 31.1. The quantitative estimate of drug-likeness (QED) is 0.598. The van der Waals surface area contributed by atoms with Crippen molar-refractivity contribution in [3.8, 4) is 0 Å². The zero-order valence-electron chi connectivity index (χ0n) is 21.9. The maximum atomic E-state index is 11.9. The van der Waals surface area contributed by atoms with Gasteiger partial charge in [-0.3, -0.25) is 0 Å². The molecular weight excluding hydrogens is 433 g/mol. The third-order valence-corrected chi connectivity index (χ3v) is 7.55. The second kappa shape index (κ2) is 9.47. The SMILES string of the molecule is CC(C)(C)NC(=O)OC1CC(OC2CCN(C3=CCC(B4OC(C)(C)C(C)(C)O4)C=N3)CC2)C1. The van der Waals surface area contributed by atoms with Crippen molar-refractivity contribution in [3.63, 3.8) is 0 Å². The van der Waals surface area contributed by atoms with E-state index in [4.69, 9.17) is 23.8 Å². The number of hydrogen-bond donors (Lipinski definition) is 1. The van der Waals surface area contributed by atoms with Crippen molar-refractivity contribution < 1.29 is 23.6 Å². The fourth-order valence-electron chi connectivity index (χ4n) is 4.69. The molecule has 34 heavy (non-hydrogen) atoms. The Labute approximate surface area is 204 Å². The molecule has 1 saturated carbocycles. The lowest BCUT2D eigenvalue weighted by molar-refractivity contribution is -0.117. The van der Waals surface area contributed by atoms with Crippen molar-refractivity contribution in [2.24, 2.45) is 4.99 Å². The number of likely N-dealkylation sites (tertiary alicyclic amines) is 1. The van der Waals surface area contributed by atoms with Crippen LogP contribution in [0.5, 0.6) is 0 Å². The standard InChI is InChI=1S/C25H42BN3O5/c1-23(2,3)28-22(30)32-20-14-19(15-20)31-18-10-12-29(13-11-18)21-9-8-17(16-27-21)26-33-24(4,5)25(6,7)34-26/h9,16-20H,8,10-15H2,1-7H3,(H,28,30). The van der Waals surface area contributed by atoms with Crippen LogP contribution in [0.4, 0.5) is 4.79 Å². The monoisotopic (exact) mass is 475 g/mol. The first kappa shape index (κ1) is 25.5. The molecule has 1 N–H and O–H groups in total. The van der Waals surface area contributed by atoms with Gasteiger partial charge in [-0.05, 0) is 73.8 Å². The van der Waals surface area contributed by atoms with Gasteiger partial charge >= 0.3 is 13.2 Å². The fourth-order valence-corrected chi connectivity index (χ4v) is 4.69. The van der Waals surface area contributed by atoms with Crippen molar-refractivity contribution in [3.05, 3.63) is 11.9 Å². The van der Waals surface area contributed by atoms with Crippen LogP contribution in [0, 0.1) is 0 Å². The lowest BCUT2D eigenvalue weighted by atomic mass is 9.70. The maximum absolute atomic E-state index is 11.9. The summed E-state index contributed by atoms with van der Waals surface area (Å²) in [7, 11) is -0.250. The Morgan fingerprint density at radius 1 is 1.09 bits per heavy atom. The number of alkyl carbamates (subject to hydrolysis) is 1. The summed E-state index contributed by atoms with van der Waals surface area (Å²) in [4.78, 5) is 19.0. The number of aliphatic imine (C=N–C) groups is 1. The molecule has 0 spiro atoms. The molecule has 8 nitrogen and oxygen atoms in total. The number of piperidine rings is 1. The highest BCUT2D eigenvalue weighted by Crippen LogP contribution is 2.41. The van der Waals surface area contributed by atoms with Gasteiger partial charge in [0.15, 0.2) is 0 Å². The van der Waals surface area contributed by atoms with Gasteiger partial charge < -0.3 is 29.0 Å². The van der Waals surface area contributed by atoms with Gasteiger partial charge in [0.2, 0.25) is 0 Å². The van der Waals surface area contributed by atoms with E-state index in [9.17, 15) is 4.79 Å². The molecule has 1 unspecified atom stereocenters. The number of nitrogens with zero attached hydrogens (tertiary/aromatic N) is 2. The first-order valence-electron chi connectivity index (χ1n) is 12.8. The van der Waals surface area contributed by atoms with Gasteiger partial charge in [0, 0.05) is 43.5 Å². The topological polar surface area (TPSA) is 81.6 Å². The average molecular weight is 475 g/mol. The van der Waals surface area contributed by atoms with E-state index >= 15 is 0 Å². The predicted molar refractivity (Wildman–Crippen MR) is 133 cm³/mol. The summed E-state index contributed by atoms with van der Waals surface area (Å²) in [5.41, 5.74) is -0.916. The highest BCUT2D eigenvalue weighted by atomic mass is 16.7. The second-order valence-electron chi connectivity index (χ2n) is 12.2. The zero-order chi connectivity index (χ0) is 24.7. The zero-order valence-corrected chi connectivity index (χ0v) is 21.9. The minimum Gasteiger partial charge on any atom is -0.446 e. The summed E-state index contributed by atoms with van der Waals surface area (Å²) in [6.45, 7) is 16.1. The largest absolute Gasteiger partial charge is 0.467 e. The molecule has 3 fully saturated rings. The molecule has 190 valence electrons. The average Bonchev–Trinajstić information content (AvgIpc) is 2.93. The van der Waals surface area contributed by atoms with Crippen LogP contribution in [-0.4, -0.2) is 72.5 Å². The van der Waals surface area contributed by atoms with Crippen LogP contribution >= 0.6 is 0 Å². The Bertz CT molecular complexity index is 792. The summed E-state index contributed by atoms with van der Waals surface area (Å²) >= 11 is 0. The number of nitrogens with one attached hydrogen (secondary N) is 1. The Morgan fingerprint density at radius 3 is 2.24 bits per heavy atom. The van der Waals surface area contributed by atoms with Gasteiger partial charge in [-0.1, -0.05) is 0 Å². The van der Waals surface area contributed by atoms with E-state index in [1.165, 1.54) is 0 Å². The van der Waals surface area contributed by atoms with Crippen molar-refractivity contribution >= 4 is 19.4 Å². The van der Waals surface area contributed by atoms with Crippen LogP contribution in [0.1, 0.15) is 80.6 Å². The Morgan fingerprint density at radius 2 is 1.71 bits per heavy atom. The number of carbonyl (C=O) groups excluding carboxylic acids is 1. The number of allylic oxidation sites excluding steroid dienone is 1. The minimum atomic E-state index is -0.341. The second-order valence-corrected chi connectivity index (χ2v) is 12.2. The maximum Gasteiger partial charge on any atom is 0.467 e. The van der Waals surface area contributed by atoms with Crippen LogP contribution in [-0.2, 0) is 18.8 Å². The lowest BCUT2D eigenvalue weighted by Gasteiger charge is -2.40. The molecule has 0 aromatic carbocycles. The summed E-state index contributed by atoms with van der Waals surface area (Å²) in [6.07, 6.45) is 8.71. The molecular formula is C25H42BN3O5. The van der Waals surface area contributed by atoms with Crippen molar-refractivity contribution in [1.29, 1.82) is 0 Å². The molecule has 2 saturated heterocycles. The molecule has 3 aliphatic heterocycles. The molecule has 1 amide bonds. The van der Waals surface area contributed by atoms with Gasteiger partial charge in [-0.15, -0.1) is 0 Å². The van der Waals surface area contributed by atoms with E-state index in [0.717, 1.165) is 51.0 Å². The molecule has 4 aliphatic rings. The van der Waals surface area contributed by atoms with Gasteiger partial charge in [0.05, 0.1) is 23.4 Å². The molecule has 1 aliphatic carbocycles. The molecule has 0 bridgehead atoms. The third kappa shape index (κ3) is 5.97. The van der Waals surface area contributed by atoms with E-state index < -0.39 is 0 Å². The number of hydrogen-bond acceptors (Lipinski definition) is 7. The first-order chi connectivity index (χ1) is 15.8. The van der Waals surface area contributed by atoms with E-state index in [1.54, 1.807) is 0 Å². The smallest absolute Gasteiger partial charge is 0.446 e. The van der Waals surface area contributed by atoms with Gasteiger partial charge in [0.1, 0.15) is 11.9 Å². The molecule has 1 atom stereocenters. The lowest BCUT2D eigenvalue weighted by Crippen LogP contribution is -2.47. The third-order valence-electron chi connectivity index (χ3n) is 7.55. The summed E-state index contributed by atoms with van der Waals surface area (Å²) < 4.78 is 24.1. The molecule has 0 radical (unpaired) electrons. The summed E-state index contributed by atoms with van der Waals surface area (Å²) in [5, 5.41) is 2.84. The number of rotatable bonds is 5. The highest BCUT2D eigenvalue weighted by molar-refractivity contribution is 6.51. The van der Waals surface area contributed by atoms with Crippen LogP contribution in [0.3, 0.4) is 0 Å². The van der Waals surface area contributed by atoms with Gasteiger partial charge in [-0.25, -0.2) is 9.79 Å². The van der Waals surface area contributed by atoms with Crippen LogP contribution in [0.25, 0.3) is 0 Å². The minimum absolute atomic E-state index is 0.0360. The summed E-state index contributed by atoms with van der Waals surface area (Å²) in [6, 6.07) is 0. The van der Waals surface area contributed by atoms with Crippen LogP contribution in [0.15, 0.2) is 16.9 Å². The molecule has 0 aromatic heterocycles. The molecule has 4 rings (SSSR count). The highest BCUT2D eigenvalue weighted by Gasteiger charge is 2.53. The van der Waals surface area contributed by atoms with Crippen LogP contribution < -0.4 is 5.32 Å². The number of amides is 1.